The van der Waals surface area contributed by atoms with Gasteiger partial charge in [0.25, 0.3) is 0 Å². The zero-order valence-electron chi connectivity index (χ0n) is 24.0. The first-order valence-corrected chi connectivity index (χ1v) is 14.3. The fraction of sp³-hybridized carbons (Fsp3) is 0.433. The molecule has 3 aromatic rings. The second-order valence-corrected chi connectivity index (χ2v) is 10.8. The molecule has 13 heteroatoms. The SMILES string of the molecule is COc1nc(Nc2nccc(-c3ccc(OCC4CN(C(=O)CO)C4)c(C#N)c3)n2)ccc1N1CCN(C2COC2)CC1. The van der Waals surface area contributed by atoms with Crippen LogP contribution >= 0.6 is 0 Å². The summed E-state index contributed by atoms with van der Waals surface area (Å²) in [5.41, 5.74) is 2.71. The van der Waals surface area contributed by atoms with Crippen molar-refractivity contribution >= 4 is 23.4 Å². The van der Waals surface area contributed by atoms with Crippen molar-refractivity contribution in [3.8, 4) is 29.0 Å². The van der Waals surface area contributed by atoms with E-state index in [2.05, 4.69) is 36.1 Å². The van der Waals surface area contributed by atoms with Crippen LogP contribution in [0, 0.1) is 17.2 Å². The normalized spacial score (nSPS) is 17.5. The maximum Gasteiger partial charge on any atom is 0.248 e. The summed E-state index contributed by atoms with van der Waals surface area (Å²) in [5, 5.41) is 21.9. The Morgan fingerprint density at radius 1 is 1.14 bits per heavy atom. The average molecular weight is 587 g/mol. The molecule has 0 saturated carbocycles. The molecule has 2 N–H and O–H groups in total. The Labute approximate surface area is 249 Å². The molecule has 3 saturated heterocycles. The van der Waals surface area contributed by atoms with Crippen molar-refractivity contribution in [2.45, 2.75) is 6.04 Å². The summed E-state index contributed by atoms with van der Waals surface area (Å²) < 4.78 is 16.9. The van der Waals surface area contributed by atoms with E-state index < -0.39 is 6.61 Å². The van der Waals surface area contributed by atoms with Crippen molar-refractivity contribution in [1.29, 1.82) is 5.26 Å². The van der Waals surface area contributed by atoms with Crippen LogP contribution in [0.1, 0.15) is 5.56 Å². The molecule has 0 spiro atoms. The lowest BCUT2D eigenvalue weighted by molar-refractivity contribution is -0.141. The van der Waals surface area contributed by atoms with Gasteiger partial charge in [0.15, 0.2) is 0 Å². The van der Waals surface area contributed by atoms with E-state index in [-0.39, 0.29) is 11.8 Å². The van der Waals surface area contributed by atoms with Crippen molar-refractivity contribution < 1.29 is 24.1 Å². The van der Waals surface area contributed by atoms with Crippen LogP contribution in [0.25, 0.3) is 11.3 Å². The molecule has 2 aromatic heterocycles. The van der Waals surface area contributed by atoms with Gasteiger partial charge >= 0.3 is 0 Å². The first-order chi connectivity index (χ1) is 21.0. The number of rotatable bonds is 10. The minimum atomic E-state index is -0.486. The molecule has 0 atom stereocenters. The van der Waals surface area contributed by atoms with E-state index >= 15 is 0 Å². The Kier molecular flexibility index (Phi) is 8.50. The average Bonchev–Trinajstić information content (AvgIpc) is 2.99. The molecule has 0 radical (unpaired) electrons. The molecule has 43 heavy (non-hydrogen) atoms. The third kappa shape index (κ3) is 6.31. The number of methoxy groups -OCH3 is 1. The molecule has 1 aromatic carbocycles. The summed E-state index contributed by atoms with van der Waals surface area (Å²) in [6.45, 7) is 6.36. The molecule has 6 rings (SSSR count). The third-order valence-corrected chi connectivity index (χ3v) is 8.04. The first-order valence-electron chi connectivity index (χ1n) is 14.3. The quantitative estimate of drug-likeness (QED) is 0.355. The number of hydrogen-bond donors (Lipinski definition) is 2. The number of aliphatic hydroxyl groups is 1. The van der Waals surface area contributed by atoms with E-state index in [0.717, 1.165) is 50.6 Å². The number of nitrogens with zero attached hydrogens (tertiary/aromatic N) is 7. The number of nitrogens with one attached hydrogen (secondary N) is 1. The van der Waals surface area contributed by atoms with Crippen LogP contribution in [0.5, 0.6) is 11.6 Å². The van der Waals surface area contributed by atoms with Crippen LogP contribution in [0.3, 0.4) is 0 Å². The minimum Gasteiger partial charge on any atom is -0.492 e. The molecule has 224 valence electrons. The smallest absolute Gasteiger partial charge is 0.248 e. The van der Waals surface area contributed by atoms with Gasteiger partial charge in [0.05, 0.1) is 44.2 Å². The fourth-order valence-electron chi connectivity index (χ4n) is 5.44. The second kappa shape index (κ2) is 12.8. The standard InChI is InChI=1S/C30H34N8O5/c1-41-29-25(37-10-8-36(9-11-37)23-18-42-19-23)3-5-27(34-29)35-30-32-7-6-24(33-30)21-2-4-26(22(12-21)13-31)43-17-20-14-38(15-20)28(40)16-39/h2-7,12,20,23,39H,8-11,14-19H2,1H3,(H,32,33,34,35). The summed E-state index contributed by atoms with van der Waals surface area (Å²) in [5.74, 6) is 1.80. The monoisotopic (exact) mass is 586 g/mol. The molecule has 1 amide bonds. The molecule has 3 aliphatic heterocycles. The Balaban J connectivity index is 1.09. The highest BCUT2D eigenvalue weighted by atomic mass is 16.5. The van der Waals surface area contributed by atoms with Crippen LogP contribution in [0.15, 0.2) is 42.6 Å². The summed E-state index contributed by atoms with van der Waals surface area (Å²) in [4.78, 5) is 31.5. The number of carbonyl (C=O) groups excluding carboxylic acids is 1. The second-order valence-electron chi connectivity index (χ2n) is 10.8. The largest absolute Gasteiger partial charge is 0.492 e. The molecular formula is C30H34N8O5. The maximum atomic E-state index is 11.5. The van der Waals surface area contributed by atoms with E-state index in [1.807, 2.05) is 18.2 Å². The zero-order chi connectivity index (χ0) is 29.8. The van der Waals surface area contributed by atoms with E-state index in [0.29, 0.717) is 60.4 Å². The van der Waals surface area contributed by atoms with Crippen molar-refractivity contribution in [1.82, 2.24) is 24.8 Å². The number of anilines is 3. The van der Waals surface area contributed by atoms with Crippen LogP contribution < -0.4 is 19.7 Å². The topological polar surface area (TPSA) is 149 Å². The lowest BCUT2D eigenvalue weighted by atomic mass is 10.0. The van der Waals surface area contributed by atoms with Crippen LogP contribution in [-0.4, -0.2) is 115 Å². The third-order valence-electron chi connectivity index (χ3n) is 8.04. The van der Waals surface area contributed by atoms with Gasteiger partial charge in [-0.15, -0.1) is 0 Å². The van der Waals surface area contributed by atoms with Crippen LogP contribution in [0.4, 0.5) is 17.5 Å². The summed E-state index contributed by atoms with van der Waals surface area (Å²) in [6, 6.07) is 13.7. The molecule has 0 unspecified atom stereocenters. The van der Waals surface area contributed by atoms with Crippen molar-refractivity contribution in [3.05, 3.63) is 48.2 Å². The first kappa shape index (κ1) is 28.6. The van der Waals surface area contributed by atoms with Crippen LogP contribution in [-0.2, 0) is 9.53 Å². The molecule has 0 bridgehead atoms. The number of carbonyl (C=O) groups is 1. The van der Waals surface area contributed by atoms with Gasteiger partial charge < -0.3 is 34.4 Å². The van der Waals surface area contributed by atoms with Gasteiger partial charge in [-0.3, -0.25) is 9.69 Å². The molecule has 5 heterocycles. The van der Waals surface area contributed by atoms with Gasteiger partial charge in [-0.2, -0.15) is 10.2 Å². The van der Waals surface area contributed by atoms with E-state index in [1.165, 1.54) is 0 Å². The molecular weight excluding hydrogens is 552 g/mol. The number of piperazine rings is 1. The molecule has 3 aliphatic rings. The lowest BCUT2D eigenvalue weighted by Gasteiger charge is -2.43. The predicted octanol–water partition coefficient (Wildman–Crippen LogP) is 1.51. The number of pyridine rings is 1. The molecule has 3 fully saturated rings. The Hall–Kier alpha value is -4.51. The summed E-state index contributed by atoms with van der Waals surface area (Å²) >= 11 is 0. The van der Waals surface area contributed by atoms with Gasteiger partial charge in [-0.25, -0.2) is 9.97 Å². The number of ether oxygens (including phenoxy) is 3. The Morgan fingerprint density at radius 3 is 2.65 bits per heavy atom. The number of aliphatic hydroxyl groups excluding tert-OH is 1. The van der Waals surface area contributed by atoms with Crippen molar-refractivity contribution in [2.24, 2.45) is 5.92 Å². The van der Waals surface area contributed by atoms with Gasteiger partial charge in [0.2, 0.25) is 17.7 Å². The molecule has 0 aliphatic carbocycles. The summed E-state index contributed by atoms with van der Waals surface area (Å²) in [6.07, 6.45) is 1.65. The zero-order valence-corrected chi connectivity index (χ0v) is 24.0. The summed E-state index contributed by atoms with van der Waals surface area (Å²) in [7, 11) is 1.62. The Bertz CT molecular complexity index is 1500. The van der Waals surface area contributed by atoms with E-state index in [1.54, 1.807) is 36.4 Å². The van der Waals surface area contributed by atoms with Crippen molar-refractivity contribution in [3.63, 3.8) is 0 Å². The van der Waals surface area contributed by atoms with Crippen LogP contribution in [0.2, 0.25) is 0 Å². The Morgan fingerprint density at radius 2 is 1.95 bits per heavy atom. The number of aromatic nitrogens is 3. The number of likely N-dealkylation sites (tertiary alicyclic amines) is 1. The fourth-order valence-corrected chi connectivity index (χ4v) is 5.44. The van der Waals surface area contributed by atoms with Gasteiger partial charge in [0, 0.05) is 56.9 Å². The van der Waals surface area contributed by atoms with Gasteiger partial charge in [0.1, 0.15) is 29.9 Å². The van der Waals surface area contributed by atoms with Gasteiger partial charge in [-0.1, -0.05) is 0 Å². The minimum absolute atomic E-state index is 0.163. The number of nitriles is 1. The number of benzene rings is 1. The van der Waals surface area contributed by atoms with E-state index in [4.69, 9.17) is 19.3 Å². The highest BCUT2D eigenvalue weighted by Crippen LogP contribution is 2.31. The lowest BCUT2D eigenvalue weighted by Crippen LogP contribution is -2.56. The molecule has 13 nitrogen and oxygen atoms in total. The van der Waals surface area contributed by atoms with Gasteiger partial charge in [-0.05, 0) is 36.4 Å². The van der Waals surface area contributed by atoms with E-state index in [9.17, 15) is 10.1 Å². The highest BCUT2D eigenvalue weighted by molar-refractivity contribution is 5.78. The van der Waals surface area contributed by atoms with Crippen molar-refractivity contribution in [2.75, 3.05) is 83.0 Å². The highest BCUT2D eigenvalue weighted by Gasteiger charge is 2.31. The predicted molar refractivity (Wildman–Crippen MR) is 157 cm³/mol. The number of amides is 1. The maximum absolute atomic E-state index is 11.5. The number of hydrogen-bond acceptors (Lipinski definition) is 12.